The summed E-state index contributed by atoms with van der Waals surface area (Å²) in [6.07, 6.45) is 0. The van der Waals surface area contributed by atoms with Crippen LogP contribution in [0.5, 0.6) is 0 Å². The van der Waals surface area contributed by atoms with Gasteiger partial charge in [0.2, 0.25) is 0 Å². The van der Waals surface area contributed by atoms with E-state index in [1.54, 1.807) is 6.07 Å². The third-order valence-electron chi connectivity index (χ3n) is 3.15. The van der Waals surface area contributed by atoms with E-state index in [1.807, 2.05) is 6.92 Å². The van der Waals surface area contributed by atoms with Crippen LogP contribution in [0.1, 0.15) is 18.4 Å². The molecule has 0 amide bonds. The second-order valence-electron chi connectivity index (χ2n) is 4.46. The number of piperazine rings is 1. The van der Waals surface area contributed by atoms with Gasteiger partial charge in [0.1, 0.15) is 11.0 Å². The molecule has 0 aromatic carbocycles. The van der Waals surface area contributed by atoms with Gasteiger partial charge in [-0.25, -0.2) is 9.97 Å². The van der Waals surface area contributed by atoms with Crippen molar-refractivity contribution in [2.75, 3.05) is 32.7 Å². The van der Waals surface area contributed by atoms with Crippen molar-refractivity contribution in [2.24, 2.45) is 0 Å². The van der Waals surface area contributed by atoms with Crippen LogP contribution in [0.15, 0.2) is 6.07 Å². The van der Waals surface area contributed by atoms with E-state index in [2.05, 4.69) is 26.7 Å². The van der Waals surface area contributed by atoms with Crippen molar-refractivity contribution >= 4 is 11.6 Å². The molecule has 1 aliphatic heterocycles. The lowest BCUT2D eigenvalue weighted by Gasteiger charge is -2.33. The highest BCUT2D eigenvalue weighted by atomic mass is 35.5. The summed E-state index contributed by atoms with van der Waals surface area (Å²) in [5, 5.41) is 0.541. The first-order valence-electron chi connectivity index (χ1n) is 6.12. The lowest BCUT2D eigenvalue weighted by molar-refractivity contribution is 0.129. The quantitative estimate of drug-likeness (QED) is 0.767. The molecule has 0 spiro atoms. The van der Waals surface area contributed by atoms with Gasteiger partial charge in [0, 0.05) is 31.9 Å². The molecule has 1 aromatic rings. The second-order valence-corrected chi connectivity index (χ2v) is 4.85. The molecule has 1 fully saturated rings. The molecule has 94 valence electrons. The van der Waals surface area contributed by atoms with Crippen LogP contribution in [-0.4, -0.2) is 52.5 Å². The predicted molar refractivity (Wildman–Crippen MR) is 69.2 cm³/mol. The highest BCUT2D eigenvalue weighted by Gasteiger charge is 2.16. The molecule has 0 unspecified atom stereocenters. The fraction of sp³-hybridized carbons (Fsp3) is 0.667. The molecule has 0 saturated carbocycles. The Morgan fingerprint density at radius 1 is 1.18 bits per heavy atom. The van der Waals surface area contributed by atoms with Crippen LogP contribution < -0.4 is 0 Å². The minimum absolute atomic E-state index is 0.541. The lowest BCUT2D eigenvalue weighted by atomic mass is 10.3. The summed E-state index contributed by atoms with van der Waals surface area (Å²) in [4.78, 5) is 13.5. The number of aryl methyl sites for hydroxylation is 1. The number of rotatable bonds is 3. The molecule has 0 atom stereocenters. The van der Waals surface area contributed by atoms with Crippen molar-refractivity contribution in [1.82, 2.24) is 19.8 Å². The molecule has 0 bridgehead atoms. The monoisotopic (exact) mass is 254 g/mol. The zero-order valence-electron chi connectivity index (χ0n) is 10.5. The number of hydrogen-bond donors (Lipinski definition) is 0. The Labute approximate surface area is 108 Å². The molecule has 17 heavy (non-hydrogen) atoms. The van der Waals surface area contributed by atoms with Gasteiger partial charge in [0.25, 0.3) is 0 Å². The van der Waals surface area contributed by atoms with Gasteiger partial charge in [-0.2, -0.15) is 0 Å². The number of likely N-dealkylation sites (N-methyl/N-ethyl adjacent to an activating group) is 1. The molecular weight excluding hydrogens is 236 g/mol. The molecule has 1 aromatic heterocycles. The van der Waals surface area contributed by atoms with Crippen LogP contribution in [0.3, 0.4) is 0 Å². The van der Waals surface area contributed by atoms with Crippen LogP contribution >= 0.6 is 11.6 Å². The van der Waals surface area contributed by atoms with Gasteiger partial charge >= 0.3 is 0 Å². The van der Waals surface area contributed by atoms with Gasteiger partial charge in [-0.1, -0.05) is 18.5 Å². The summed E-state index contributed by atoms with van der Waals surface area (Å²) in [6, 6.07) is 1.79. The van der Waals surface area contributed by atoms with E-state index < -0.39 is 0 Å². The topological polar surface area (TPSA) is 32.3 Å². The van der Waals surface area contributed by atoms with E-state index in [9.17, 15) is 0 Å². The fourth-order valence-electron chi connectivity index (χ4n) is 2.12. The van der Waals surface area contributed by atoms with Gasteiger partial charge < -0.3 is 4.90 Å². The van der Waals surface area contributed by atoms with Crippen LogP contribution in [0.2, 0.25) is 5.15 Å². The van der Waals surface area contributed by atoms with Crippen LogP contribution in [0, 0.1) is 6.92 Å². The van der Waals surface area contributed by atoms with E-state index in [4.69, 9.17) is 11.6 Å². The van der Waals surface area contributed by atoms with Crippen molar-refractivity contribution in [2.45, 2.75) is 20.4 Å². The highest BCUT2D eigenvalue weighted by Crippen LogP contribution is 2.10. The van der Waals surface area contributed by atoms with Crippen molar-refractivity contribution in [3.8, 4) is 0 Å². The Kier molecular flexibility index (Phi) is 4.31. The van der Waals surface area contributed by atoms with Gasteiger partial charge in [-0.15, -0.1) is 0 Å². The first-order valence-corrected chi connectivity index (χ1v) is 6.50. The van der Waals surface area contributed by atoms with E-state index in [0.717, 1.165) is 50.8 Å². The molecular formula is C12H19ClN4. The Balaban J connectivity index is 1.93. The standard InChI is InChI=1S/C12H19ClN4/c1-3-16-4-6-17(7-5-16)9-12-14-10(2)8-11(13)15-12/h8H,3-7,9H2,1-2H3. The third-order valence-corrected chi connectivity index (χ3v) is 3.34. The van der Waals surface area contributed by atoms with Gasteiger partial charge in [-0.05, 0) is 19.5 Å². The number of halogens is 1. The molecule has 1 aliphatic rings. The largest absolute Gasteiger partial charge is 0.301 e. The summed E-state index contributed by atoms with van der Waals surface area (Å²) in [5.74, 6) is 0.833. The van der Waals surface area contributed by atoms with Gasteiger partial charge in [0.15, 0.2) is 0 Å². The SMILES string of the molecule is CCN1CCN(Cc2nc(C)cc(Cl)n2)CC1. The molecule has 0 radical (unpaired) electrons. The lowest BCUT2D eigenvalue weighted by Crippen LogP contribution is -2.45. The summed E-state index contributed by atoms with van der Waals surface area (Å²) < 4.78 is 0. The maximum absolute atomic E-state index is 5.94. The third kappa shape index (κ3) is 3.63. The minimum Gasteiger partial charge on any atom is -0.301 e. The molecule has 2 rings (SSSR count). The van der Waals surface area contributed by atoms with Crippen LogP contribution in [0.25, 0.3) is 0 Å². The average Bonchev–Trinajstić information content (AvgIpc) is 2.28. The maximum atomic E-state index is 5.94. The van der Waals surface area contributed by atoms with Crippen molar-refractivity contribution < 1.29 is 0 Å². The fourth-order valence-corrected chi connectivity index (χ4v) is 2.38. The summed E-state index contributed by atoms with van der Waals surface area (Å²) in [5.41, 5.74) is 0.937. The minimum atomic E-state index is 0.541. The first kappa shape index (κ1) is 12.7. The van der Waals surface area contributed by atoms with E-state index >= 15 is 0 Å². The highest BCUT2D eigenvalue weighted by molar-refractivity contribution is 6.29. The van der Waals surface area contributed by atoms with Crippen LogP contribution in [-0.2, 0) is 6.54 Å². The maximum Gasteiger partial charge on any atom is 0.144 e. The smallest absolute Gasteiger partial charge is 0.144 e. The predicted octanol–water partition coefficient (Wildman–Crippen LogP) is 1.58. The van der Waals surface area contributed by atoms with Gasteiger partial charge in [0.05, 0.1) is 6.54 Å². The number of aromatic nitrogens is 2. The normalized spacial score (nSPS) is 18.5. The first-order chi connectivity index (χ1) is 8.17. The zero-order valence-corrected chi connectivity index (χ0v) is 11.2. The molecule has 0 aliphatic carbocycles. The summed E-state index contributed by atoms with van der Waals surface area (Å²) in [7, 11) is 0. The average molecular weight is 255 g/mol. The van der Waals surface area contributed by atoms with E-state index in [-0.39, 0.29) is 0 Å². The molecule has 5 heteroatoms. The second kappa shape index (κ2) is 5.76. The van der Waals surface area contributed by atoms with E-state index in [1.165, 1.54) is 0 Å². The Morgan fingerprint density at radius 2 is 1.82 bits per heavy atom. The molecule has 1 saturated heterocycles. The Morgan fingerprint density at radius 3 is 2.41 bits per heavy atom. The summed E-state index contributed by atoms with van der Waals surface area (Å²) >= 11 is 5.94. The number of hydrogen-bond acceptors (Lipinski definition) is 4. The molecule has 2 heterocycles. The Bertz CT molecular complexity index is 355. The van der Waals surface area contributed by atoms with Crippen molar-refractivity contribution in [3.63, 3.8) is 0 Å². The molecule has 4 nitrogen and oxygen atoms in total. The molecule has 0 N–H and O–H groups in total. The van der Waals surface area contributed by atoms with Crippen LogP contribution in [0.4, 0.5) is 0 Å². The number of nitrogens with zero attached hydrogens (tertiary/aromatic N) is 4. The van der Waals surface area contributed by atoms with Crippen molar-refractivity contribution in [3.05, 3.63) is 22.7 Å². The van der Waals surface area contributed by atoms with Crippen molar-refractivity contribution in [1.29, 1.82) is 0 Å². The van der Waals surface area contributed by atoms with Gasteiger partial charge in [-0.3, -0.25) is 4.90 Å². The summed E-state index contributed by atoms with van der Waals surface area (Å²) in [6.45, 7) is 10.5. The zero-order chi connectivity index (χ0) is 12.3. The van der Waals surface area contributed by atoms with E-state index in [0.29, 0.717) is 5.15 Å². The Hall–Kier alpha value is -0.710.